The van der Waals surface area contributed by atoms with E-state index in [9.17, 15) is 13.6 Å². The molecule has 0 aliphatic rings. The van der Waals surface area contributed by atoms with Crippen molar-refractivity contribution in [2.24, 2.45) is 0 Å². The van der Waals surface area contributed by atoms with E-state index < -0.39 is 17.3 Å². The molecule has 2 aromatic heterocycles. The van der Waals surface area contributed by atoms with Crippen molar-refractivity contribution in [3.8, 4) is 11.3 Å². The van der Waals surface area contributed by atoms with Crippen molar-refractivity contribution < 1.29 is 8.78 Å². The summed E-state index contributed by atoms with van der Waals surface area (Å²) in [6.45, 7) is 4.00. The molecule has 2 heterocycles. The van der Waals surface area contributed by atoms with Crippen molar-refractivity contribution in [1.29, 1.82) is 0 Å². The second-order valence-corrected chi connectivity index (χ2v) is 6.51. The molecule has 4 rings (SSSR count). The van der Waals surface area contributed by atoms with Crippen molar-refractivity contribution in [1.82, 2.24) is 19.4 Å². The lowest BCUT2D eigenvalue weighted by molar-refractivity contribution is 0.572. The number of aryl methyl sites for hydroxylation is 2. The summed E-state index contributed by atoms with van der Waals surface area (Å²) in [4.78, 5) is 12.6. The lowest BCUT2D eigenvalue weighted by Crippen LogP contribution is -2.23. The number of hydrogen-bond acceptors (Lipinski definition) is 3. The Hall–Kier alpha value is -3.35. The molecule has 2 aromatic carbocycles. The van der Waals surface area contributed by atoms with Crippen molar-refractivity contribution in [2.45, 2.75) is 20.4 Å². The number of fused-ring (bicyclic) bond motifs is 1. The summed E-state index contributed by atoms with van der Waals surface area (Å²) >= 11 is 0. The van der Waals surface area contributed by atoms with E-state index >= 15 is 0 Å². The molecule has 0 atom stereocenters. The van der Waals surface area contributed by atoms with Crippen LogP contribution in [0.25, 0.3) is 16.9 Å². The largest absolute Gasteiger partial charge is 0.367 e. The number of hydrogen-bond donors (Lipinski definition) is 0. The third-order valence-corrected chi connectivity index (χ3v) is 4.50. The Bertz CT molecular complexity index is 1210. The van der Waals surface area contributed by atoms with Gasteiger partial charge in [-0.3, -0.25) is 0 Å². The molecule has 0 saturated heterocycles. The second-order valence-electron chi connectivity index (χ2n) is 6.51. The molecule has 0 aliphatic carbocycles. The van der Waals surface area contributed by atoms with Gasteiger partial charge in [0.25, 0.3) is 0 Å². The molecule has 0 radical (unpaired) electrons. The van der Waals surface area contributed by atoms with Crippen LogP contribution in [0.1, 0.15) is 16.7 Å². The summed E-state index contributed by atoms with van der Waals surface area (Å²) < 4.78 is 29.1. The second kappa shape index (κ2) is 6.42. The van der Waals surface area contributed by atoms with E-state index in [0.29, 0.717) is 16.9 Å². The van der Waals surface area contributed by atoms with Gasteiger partial charge in [0.1, 0.15) is 11.6 Å². The molecule has 0 aliphatic heterocycles. The van der Waals surface area contributed by atoms with E-state index in [1.54, 1.807) is 12.1 Å². The Labute approximate surface area is 153 Å². The highest BCUT2D eigenvalue weighted by molar-refractivity contribution is 5.61. The van der Waals surface area contributed by atoms with Crippen LogP contribution in [0.15, 0.2) is 53.3 Å². The maximum Gasteiger partial charge on any atom is 0.367 e. The van der Waals surface area contributed by atoms with E-state index in [-0.39, 0.29) is 6.54 Å². The number of halogens is 2. The Morgan fingerprint density at radius 2 is 1.63 bits per heavy atom. The number of aromatic nitrogens is 4. The normalized spacial score (nSPS) is 11.3. The van der Waals surface area contributed by atoms with Crippen molar-refractivity contribution in [3.63, 3.8) is 0 Å². The molecule has 27 heavy (non-hydrogen) atoms. The van der Waals surface area contributed by atoms with Gasteiger partial charge in [0, 0.05) is 11.6 Å². The van der Waals surface area contributed by atoms with Crippen LogP contribution in [0.4, 0.5) is 8.78 Å². The molecule has 7 heteroatoms. The number of benzene rings is 2. The molecule has 0 fully saturated rings. The highest BCUT2D eigenvalue weighted by Gasteiger charge is 2.11. The lowest BCUT2D eigenvalue weighted by Gasteiger charge is -2.04. The van der Waals surface area contributed by atoms with Crippen molar-refractivity contribution >= 4 is 5.65 Å². The highest BCUT2D eigenvalue weighted by Crippen LogP contribution is 2.20. The first-order valence-corrected chi connectivity index (χ1v) is 8.40. The van der Waals surface area contributed by atoms with Crippen LogP contribution in [0.2, 0.25) is 0 Å². The van der Waals surface area contributed by atoms with Gasteiger partial charge >= 0.3 is 5.69 Å². The van der Waals surface area contributed by atoms with Crippen LogP contribution < -0.4 is 5.69 Å². The first-order chi connectivity index (χ1) is 12.9. The molecule has 0 spiro atoms. The standard InChI is InChI=1S/C20H16F2N4O/c1-12-3-4-15(7-13(12)2)18-5-6-19-24-25(20(27)26(19)23-18)11-14-8-16(21)10-17(22)9-14/h3-10H,11H2,1-2H3. The van der Waals surface area contributed by atoms with Gasteiger partial charge in [-0.2, -0.15) is 9.61 Å². The van der Waals surface area contributed by atoms with Gasteiger partial charge in [-0.05, 0) is 60.9 Å². The van der Waals surface area contributed by atoms with E-state index in [2.05, 4.69) is 10.2 Å². The summed E-state index contributed by atoms with van der Waals surface area (Å²) in [5.41, 5.74) is 4.05. The van der Waals surface area contributed by atoms with E-state index in [0.717, 1.165) is 21.9 Å². The van der Waals surface area contributed by atoms with Gasteiger partial charge in [-0.15, -0.1) is 5.10 Å². The predicted molar refractivity (Wildman–Crippen MR) is 97.6 cm³/mol. The Kier molecular flexibility index (Phi) is 4.07. The topological polar surface area (TPSA) is 52.2 Å². The number of nitrogens with zero attached hydrogens (tertiary/aromatic N) is 4. The van der Waals surface area contributed by atoms with Crippen LogP contribution in [0, 0.1) is 25.5 Å². The SMILES string of the molecule is Cc1ccc(-c2ccc3nn(Cc4cc(F)cc(F)c4)c(=O)n3n2)cc1C. The van der Waals surface area contributed by atoms with Gasteiger partial charge in [-0.1, -0.05) is 12.1 Å². The minimum atomic E-state index is -0.697. The maximum atomic E-state index is 13.4. The molecule has 4 aromatic rings. The molecule has 0 saturated carbocycles. The third kappa shape index (κ3) is 3.23. The van der Waals surface area contributed by atoms with Gasteiger partial charge in [0.05, 0.1) is 12.2 Å². The Morgan fingerprint density at radius 3 is 2.33 bits per heavy atom. The zero-order valence-corrected chi connectivity index (χ0v) is 14.8. The molecular formula is C20H16F2N4O. The average molecular weight is 366 g/mol. The summed E-state index contributed by atoms with van der Waals surface area (Å²) in [5, 5.41) is 8.58. The smallest absolute Gasteiger partial charge is 0.244 e. The summed E-state index contributed by atoms with van der Waals surface area (Å²) in [6.07, 6.45) is 0. The lowest BCUT2D eigenvalue weighted by atomic mass is 10.0. The summed E-state index contributed by atoms with van der Waals surface area (Å²) in [5.74, 6) is -1.39. The Morgan fingerprint density at radius 1 is 0.889 bits per heavy atom. The van der Waals surface area contributed by atoms with Crippen LogP contribution in [-0.2, 0) is 6.54 Å². The first-order valence-electron chi connectivity index (χ1n) is 8.40. The zero-order valence-electron chi connectivity index (χ0n) is 14.8. The summed E-state index contributed by atoms with van der Waals surface area (Å²) in [6, 6.07) is 12.6. The van der Waals surface area contributed by atoms with Crippen LogP contribution in [0.5, 0.6) is 0 Å². The predicted octanol–water partition coefficient (Wildman–Crippen LogP) is 3.50. The molecular weight excluding hydrogens is 350 g/mol. The highest BCUT2D eigenvalue weighted by atomic mass is 19.1. The molecule has 0 bridgehead atoms. The van der Waals surface area contributed by atoms with Crippen molar-refractivity contribution in [3.05, 3.63) is 87.3 Å². The molecule has 0 amide bonds. The number of rotatable bonds is 3. The fourth-order valence-corrected chi connectivity index (χ4v) is 2.94. The third-order valence-electron chi connectivity index (χ3n) is 4.50. The summed E-state index contributed by atoms with van der Waals surface area (Å²) in [7, 11) is 0. The minimum absolute atomic E-state index is 0.0458. The molecule has 0 unspecified atom stereocenters. The van der Waals surface area contributed by atoms with Crippen LogP contribution in [-0.4, -0.2) is 19.4 Å². The quantitative estimate of drug-likeness (QED) is 0.558. The van der Waals surface area contributed by atoms with Gasteiger partial charge in [-0.25, -0.2) is 18.3 Å². The molecule has 5 nitrogen and oxygen atoms in total. The zero-order chi connectivity index (χ0) is 19.1. The monoisotopic (exact) mass is 366 g/mol. The van der Waals surface area contributed by atoms with Crippen LogP contribution >= 0.6 is 0 Å². The van der Waals surface area contributed by atoms with E-state index in [1.807, 2.05) is 32.0 Å². The maximum absolute atomic E-state index is 13.4. The van der Waals surface area contributed by atoms with Gasteiger partial charge < -0.3 is 0 Å². The van der Waals surface area contributed by atoms with Gasteiger partial charge in [0.15, 0.2) is 5.65 Å². The van der Waals surface area contributed by atoms with Crippen LogP contribution in [0.3, 0.4) is 0 Å². The van der Waals surface area contributed by atoms with Crippen molar-refractivity contribution in [2.75, 3.05) is 0 Å². The van der Waals surface area contributed by atoms with Gasteiger partial charge in [0.2, 0.25) is 0 Å². The average Bonchev–Trinajstić information content (AvgIpc) is 2.92. The fourth-order valence-electron chi connectivity index (χ4n) is 2.94. The van der Waals surface area contributed by atoms with E-state index in [1.165, 1.54) is 22.2 Å². The molecule has 0 N–H and O–H groups in total. The van der Waals surface area contributed by atoms with E-state index in [4.69, 9.17) is 0 Å². The minimum Gasteiger partial charge on any atom is -0.244 e. The first kappa shape index (κ1) is 17.1. The Balaban J connectivity index is 1.75. The molecule has 136 valence electrons. The fraction of sp³-hybridized carbons (Fsp3) is 0.150.